The fourth-order valence-corrected chi connectivity index (χ4v) is 3.32. The molecular formula is C18H21NO3S. The van der Waals surface area contributed by atoms with Crippen LogP contribution < -0.4 is 5.32 Å². The van der Waals surface area contributed by atoms with Gasteiger partial charge in [-0.05, 0) is 42.7 Å². The van der Waals surface area contributed by atoms with Crippen molar-refractivity contribution < 1.29 is 13.2 Å². The van der Waals surface area contributed by atoms with Crippen molar-refractivity contribution in [3.8, 4) is 0 Å². The largest absolute Gasteiger partial charge is 0.346 e. The number of nitrogens with one attached hydrogen (secondary N) is 1. The second kappa shape index (κ2) is 6.96. The molecule has 5 heteroatoms. The third-order valence-electron chi connectivity index (χ3n) is 3.62. The maximum atomic E-state index is 12.4. The lowest BCUT2D eigenvalue weighted by atomic mass is 10.0. The van der Waals surface area contributed by atoms with Crippen LogP contribution in [0.5, 0.6) is 0 Å². The lowest BCUT2D eigenvalue weighted by Gasteiger charge is -2.17. The summed E-state index contributed by atoms with van der Waals surface area (Å²) in [5.74, 6) is -0.280. The van der Waals surface area contributed by atoms with Gasteiger partial charge in [0.1, 0.15) is 0 Å². The molecule has 0 saturated carbocycles. The number of hydrogen-bond acceptors (Lipinski definition) is 3. The number of amides is 1. The van der Waals surface area contributed by atoms with E-state index >= 15 is 0 Å². The van der Waals surface area contributed by atoms with E-state index in [9.17, 15) is 13.2 Å². The van der Waals surface area contributed by atoms with E-state index in [0.717, 1.165) is 11.1 Å². The fraction of sp³-hybridized carbons (Fsp3) is 0.278. The molecule has 0 aliphatic rings. The van der Waals surface area contributed by atoms with Gasteiger partial charge in [-0.1, -0.05) is 36.4 Å². The van der Waals surface area contributed by atoms with E-state index in [0.29, 0.717) is 11.1 Å². The molecular weight excluding hydrogens is 310 g/mol. The highest BCUT2D eigenvalue weighted by Crippen LogP contribution is 2.17. The Morgan fingerprint density at radius 3 is 2.48 bits per heavy atom. The number of carbonyl (C=O) groups excluding carboxylic acids is 1. The maximum absolute atomic E-state index is 12.4. The molecule has 2 aromatic rings. The Labute approximate surface area is 137 Å². The van der Waals surface area contributed by atoms with Gasteiger partial charge in [-0.15, -0.1) is 0 Å². The number of sulfone groups is 1. The van der Waals surface area contributed by atoms with Crippen LogP contribution in [0.3, 0.4) is 0 Å². The minimum atomic E-state index is -3.12. The zero-order valence-corrected chi connectivity index (χ0v) is 14.4. The van der Waals surface area contributed by atoms with Gasteiger partial charge in [-0.2, -0.15) is 0 Å². The Balaban J connectivity index is 2.15. The number of hydrogen-bond donors (Lipinski definition) is 1. The number of carbonyl (C=O) groups is 1. The Hall–Kier alpha value is -2.14. The first kappa shape index (κ1) is 17.2. The molecule has 0 radical (unpaired) electrons. The van der Waals surface area contributed by atoms with E-state index in [1.807, 2.05) is 38.1 Å². The molecule has 1 unspecified atom stereocenters. The molecule has 2 rings (SSSR count). The van der Waals surface area contributed by atoms with Gasteiger partial charge in [0, 0.05) is 11.8 Å². The number of rotatable bonds is 5. The van der Waals surface area contributed by atoms with Crippen LogP contribution in [0.25, 0.3) is 0 Å². The molecule has 0 fully saturated rings. The smallest absolute Gasteiger partial charge is 0.251 e. The molecule has 0 aromatic heterocycles. The molecule has 1 atom stereocenters. The van der Waals surface area contributed by atoms with Crippen LogP contribution in [0, 0.1) is 6.92 Å². The molecule has 0 saturated heterocycles. The lowest BCUT2D eigenvalue weighted by molar-refractivity contribution is 0.0939. The van der Waals surface area contributed by atoms with Crippen molar-refractivity contribution in [2.24, 2.45) is 0 Å². The summed E-state index contributed by atoms with van der Waals surface area (Å²) >= 11 is 0. The molecule has 4 nitrogen and oxygen atoms in total. The monoisotopic (exact) mass is 331 g/mol. The van der Waals surface area contributed by atoms with Crippen LogP contribution in [0.1, 0.15) is 40.0 Å². The molecule has 0 spiro atoms. The molecule has 2 aromatic carbocycles. The minimum absolute atomic E-state index is 0.0680. The predicted octanol–water partition coefficient (Wildman–Crippen LogP) is 3.03. The molecule has 23 heavy (non-hydrogen) atoms. The highest BCUT2D eigenvalue weighted by atomic mass is 32.2. The molecule has 122 valence electrons. The summed E-state index contributed by atoms with van der Waals surface area (Å²) in [6.07, 6.45) is 1.18. The van der Waals surface area contributed by atoms with Crippen LogP contribution in [0.15, 0.2) is 48.5 Å². The Morgan fingerprint density at radius 2 is 1.83 bits per heavy atom. The standard InChI is InChI=1S/C18H21NO3S/c1-13-7-4-5-10-17(13)14(2)19-18(20)16-9-6-8-15(11-16)12-23(3,21)22/h4-11,14H,12H2,1-3H3,(H,19,20). The SMILES string of the molecule is Cc1ccccc1C(C)NC(=O)c1cccc(CS(C)(=O)=O)c1. The van der Waals surface area contributed by atoms with Gasteiger partial charge in [0.05, 0.1) is 11.8 Å². The van der Waals surface area contributed by atoms with Gasteiger partial charge < -0.3 is 5.32 Å². The molecule has 0 bridgehead atoms. The fourth-order valence-electron chi connectivity index (χ4n) is 2.54. The third kappa shape index (κ3) is 4.93. The summed E-state index contributed by atoms with van der Waals surface area (Å²) in [5, 5.41) is 2.95. The van der Waals surface area contributed by atoms with Crippen LogP contribution in [-0.2, 0) is 15.6 Å². The highest BCUT2D eigenvalue weighted by Gasteiger charge is 2.14. The Kier molecular flexibility index (Phi) is 5.21. The van der Waals surface area contributed by atoms with E-state index in [2.05, 4.69) is 5.32 Å². The Bertz CT molecular complexity index is 813. The van der Waals surface area contributed by atoms with E-state index in [1.165, 1.54) is 6.26 Å². The zero-order chi connectivity index (χ0) is 17.0. The normalized spacial score (nSPS) is 12.7. The van der Waals surface area contributed by atoms with Gasteiger partial charge in [-0.3, -0.25) is 4.79 Å². The summed E-state index contributed by atoms with van der Waals surface area (Å²) in [7, 11) is -3.12. The summed E-state index contributed by atoms with van der Waals surface area (Å²) in [5.41, 5.74) is 3.26. The third-order valence-corrected chi connectivity index (χ3v) is 4.48. The van der Waals surface area contributed by atoms with Gasteiger partial charge >= 0.3 is 0 Å². The maximum Gasteiger partial charge on any atom is 0.251 e. The predicted molar refractivity (Wildman–Crippen MR) is 92.1 cm³/mol. The first-order valence-corrected chi connectivity index (χ1v) is 9.45. The lowest BCUT2D eigenvalue weighted by Crippen LogP contribution is -2.27. The Morgan fingerprint density at radius 1 is 1.13 bits per heavy atom. The average molecular weight is 331 g/mol. The van der Waals surface area contributed by atoms with E-state index < -0.39 is 9.84 Å². The second-order valence-electron chi connectivity index (χ2n) is 5.82. The van der Waals surface area contributed by atoms with Crippen molar-refractivity contribution in [2.45, 2.75) is 25.6 Å². The van der Waals surface area contributed by atoms with Crippen LogP contribution >= 0.6 is 0 Å². The van der Waals surface area contributed by atoms with Crippen molar-refractivity contribution in [1.29, 1.82) is 0 Å². The summed E-state index contributed by atoms with van der Waals surface area (Å²) in [6, 6.07) is 14.5. The van der Waals surface area contributed by atoms with Gasteiger partial charge in [-0.25, -0.2) is 8.42 Å². The quantitative estimate of drug-likeness (QED) is 0.916. The van der Waals surface area contributed by atoms with Crippen LogP contribution in [0.2, 0.25) is 0 Å². The zero-order valence-electron chi connectivity index (χ0n) is 13.5. The van der Waals surface area contributed by atoms with E-state index in [1.54, 1.807) is 24.3 Å². The highest BCUT2D eigenvalue weighted by molar-refractivity contribution is 7.89. The molecule has 0 aliphatic carbocycles. The van der Waals surface area contributed by atoms with Gasteiger partial charge in [0.25, 0.3) is 5.91 Å². The van der Waals surface area contributed by atoms with E-state index in [4.69, 9.17) is 0 Å². The first-order chi connectivity index (χ1) is 10.8. The van der Waals surface area contributed by atoms with Crippen molar-refractivity contribution >= 4 is 15.7 Å². The first-order valence-electron chi connectivity index (χ1n) is 7.39. The van der Waals surface area contributed by atoms with Crippen LogP contribution in [0.4, 0.5) is 0 Å². The van der Waals surface area contributed by atoms with Gasteiger partial charge in [0.2, 0.25) is 0 Å². The summed E-state index contributed by atoms with van der Waals surface area (Å²) in [4.78, 5) is 12.4. The number of benzene rings is 2. The van der Waals surface area contributed by atoms with E-state index in [-0.39, 0.29) is 17.7 Å². The summed E-state index contributed by atoms with van der Waals surface area (Å²) < 4.78 is 22.8. The minimum Gasteiger partial charge on any atom is -0.346 e. The summed E-state index contributed by atoms with van der Waals surface area (Å²) in [6.45, 7) is 3.94. The van der Waals surface area contributed by atoms with Crippen molar-refractivity contribution in [3.05, 3.63) is 70.8 Å². The molecule has 1 N–H and O–H groups in total. The second-order valence-corrected chi connectivity index (χ2v) is 7.96. The van der Waals surface area contributed by atoms with Crippen molar-refractivity contribution in [2.75, 3.05) is 6.26 Å². The molecule has 0 aliphatic heterocycles. The number of aryl methyl sites for hydroxylation is 1. The van der Waals surface area contributed by atoms with Crippen molar-refractivity contribution in [1.82, 2.24) is 5.32 Å². The molecule has 0 heterocycles. The van der Waals surface area contributed by atoms with Crippen molar-refractivity contribution in [3.63, 3.8) is 0 Å². The topological polar surface area (TPSA) is 63.2 Å². The molecule has 1 amide bonds. The average Bonchev–Trinajstić information content (AvgIpc) is 2.46. The van der Waals surface area contributed by atoms with Gasteiger partial charge in [0.15, 0.2) is 9.84 Å². The van der Waals surface area contributed by atoms with Crippen LogP contribution in [-0.4, -0.2) is 20.6 Å².